The summed E-state index contributed by atoms with van der Waals surface area (Å²) in [6, 6.07) is 4.15. The number of fused-ring (bicyclic) bond motifs is 1. The Balaban J connectivity index is 2.36. The van der Waals surface area contributed by atoms with Crippen LogP contribution in [0.5, 0.6) is 0 Å². The fourth-order valence-electron chi connectivity index (χ4n) is 2.52. The van der Waals surface area contributed by atoms with Gasteiger partial charge in [0.25, 0.3) is 0 Å². The molecule has 0 atom stereocenters. The van der Waals surface area contributed by atoms with Crippen LogP contribution in [0.3, 0.4) is 0 Å². The van der Waals surface area contributed by atoms with Gasteiger partial charge in [0.1, 0.15) is 12.1 Å². The third-order valence-electron chi connectivity index (χ3n) is 3.75. The first-order chi connectivity index (χ1) is 9.52. The minimum absolute atomic E-state index is 0.602. The van der Waals surface area contributed by atoms with Crippen LogP contribution in [0.15, 0.2) is 18.5 Å². The van der Waals surface area contributed by atoms with Gasteiger partial charge in [0.15, 0.2) is 6.29 Å². The highest BCUT2D eigenvalue weighted by Crippen LogP contribution is 2.24. The molecule has 0 aliphatic heterocycles. The minimum Gasteiger partial charge on any atom is -0.298 e. The van der Waals surface area contributed by atoms with Crippen molar-refractivity contribution in [2.75, 3.05) is 0 Å². The van der Waals surface area contributed by atoms with Crippen molar-refractivity contribution in [1.29, 1.82) is 0 Å². The van der Waals surface area contributed by atoms with E-state index in [9.17, 15) is 4.79 Å². The first kappa shape index (κ1) is 12.6. The van der Waals surface area contributed by atoms with Crippen molar-refractivity contribution < 1.29 is 4.79 Å². The second kappa shape index (κ2) is 4.30. The molecule has 0 fully saturated rings. The van der Waals surface area contributed by atoms with E-state index in [4.69, 9.17) is 0 Å². The van der Waals surface area contributed by atoms with Crippen molar-refractivity contribution in [3.63, 3.8) is 0 Å². The van der Waals surface area contributed by atoms with E-state index in [0.717, 1.165) is 28.8 Å². The zero-order chi connectivity index (χ0) is 14.4. The number of aryl methyl sites for hydroxylation is 4. The second-order valence-corrected chi connectivity index (χ2v) is 5.10. The zero-order valence-corrected chi connectivity index (χ0v) is 12.0. The minimum atomic E-state index is 0.602. The topological polar surface area (TPSA) is 52.7 Å². The molecule has 102 valence electrons. The maximum Gasteiger partial charge on any atom is 0.155 e. The summed E-state index contributed by atoms with van der Waals surface area (Å²) in [5, 5.41) is 4.32. The molecule has 0 aliphatic carbocycles. The van der Waals surface area contributed by atoms with Crippen molar-refractivity contribution in [1.82, 2.24) is 19.3 Å². The molecule has 5 nitrogen and oxygen atoms in total. The van der Waals surface area contributed by atoms with Crippen molar-refractivity contribution in [3.05, 3.63) is 40.8 Å². The lowest BCUT2D eigenvalue weighted by atomic mass is 10.1. The maximum absolute atomic E-state index is 11.3. The van der Waals surface area contributed by atoms with Crippen LogP contribution in [0.4, 0.5) is 0 Å². The molecule has 0 spiro atoms. The summed E-state index contributed by atoms with van der Waals surface area (Å²) in [5.41, 5.74) is 5.64. The number of carbonyl (C=O) groups is 1. The van der Waals surface area contributed by atoms with E-state index in [-0.39, 0.29) is 0 Å². The van der Waals surface area contributed by atoms with Gasteiger partial charge in [-0.15, -0.1) is 0 Å². The van der Waals surface area contributed by atoms with Crippen molar-refractivity contribution in [2.24, 2.45) is 7.05 Å². The Kier molecular flexibility index (Phi) is 2.71. The summed E-state index contributed by atoms with van der Waals surface area (Å²) in [5.74, 6) is 0.753. The Hall–Kier alpha value is -2.43. The third kappa shape index (κ3) is 1.66. The van der Waals surface area contributed by atoms with Gasteiger partial charge in [0.05, 0.1) is 22.3 Å². The number of nitrogens with zero attached hydrogens (tertiary/aromatic N) is 4. The monoisotopic (exact) mass is 268 g/mol. The molecule has 0 aliphatic rings. The number of benzene rings is 1. The van der Waals surface area contributed by atoms with E-state index in [1.807, 2.05) is 18.5 Å². The maximum atomic E-state index is 11.3. The van der Waals surface area contributed by atoms with Gasteiger partial charge >= 0.3 is 0 Å². The SMILES string of the molecule is Cc1cc2ncn(-c3c(C=O)c(C)nn3C)c2cc1C. The van der Waals surface area contributed by atoms with Gasteiger partial charge in [0, 0.05) is 7.05 Å². The van der Waals surface area contributed by atoms with Gasteiger partial charge < -0.3 is 0 Å². The Bertz CT molecular complexity index is 826. The summed E-state index contributed by atoms with van der Waals surface area (Å²) < 4.78 is 3.64. The molecule has 3 aromatic rings. The van der Waals surface area contributed by atoms with Gasteiger partial charge in [-0.1, -0.05) is 0 Å². The highest BCUT2D eigenvalue weighted by molar-refractivity contribution is 5.85. The van der Waals surface area contributed by atoms with E-state index in [0.29, 0.717) is 5.56 Å². The molecule has 3 rings (SSSR count). The number of aromatic nitrogens is 4. The van der Waals surface area contributed by atoms with Gasteiger partial charge in [-0.25, -0.2) is 4.98 Å². The molecule has 0 bridgehead atoms. The molecule has 0 radical (unpaired) electrons. The van der Waals surface area contributed by atoms with E-state index in [1.54, 1.807) is 11.0 Å². The van der Waals surface area contributed by atoms with Crippen LogP contribution >= 0.6 is 0 Å². The van der Waals surface area contributed by atoms with E-state index in [2.05, 4.69) is 36.1 Å². The van der Waals surface area contributed by atoms with Gasteiger partial charge in [0.2, 0.25) is 0 Å². The summed E-state index contributed by atoms with van der Waals surface area (Å²) in [4.78, 5) is 15.8. The Labute approximate surface area is 116 Å². The third-order valence-corrected chi connectivity index (χ3v) is 3.75. The summed E-state index contributed by atoms with van der Waals surface area (Å²) in [6.45, 7) is 5.97. The predicted molar refractivity (Wildman–Crippen MR) is 77.4 cm³/mol. The van der Waals surface area contributed by atoms with E-state index >= 15 is 0 Å². The number of hydrogen-bond acceptors (Lipinski definition) is 3. The smallest absolute Gasteiger partial charge is 0.155 e. The molecule has 1 aromatic carbocycles. The normalized spacial score (nSPS) is 11.2. The molecule has 2 heterocycles. The molecule has 0 unspecified atom stereocenters. The zero-order valence-electron chi connectivity index (χ0n) is 12.0. The highest BCUT2D eigenvalue weighted by atomic mass is 16.1. The first-order valence-corrected chi connectivity index (χ1v) is 6.46. The lowest BCUT2D eigenvalue weighted by Gasteiger charge is -2.07. The summed E-state index contributed by atoms with van der Waals surface area (Å²) >= 11 is 0. The summed E-state index contributed by atoms with van der Waals surface area (Å²) in [7, 11) is 1.84. The Morgan fingerprint density at radius 1 is 1.15 bits per heavy atom. The van der Waals surface area contributed by atoms with Crippen molar-refractivity contribution in [2.45, 2.75) is 20.8 Å². The Morgan fingerprint density at radius 2 is 1.85 bits per heavy atom. The molecule has 5 heteroatoms. The van der Waals surface area contributed by atoms with Crippen LogP contribution in [0.1, 0.15) is 27.2 Å². The predicted octanol–water partition coefficient (Wildman–Crippen LogP) is 2.50. The fourth-order valence-corrected chi connectivity index (χ4v) is 2.52. The van der Waals surface area contributed by atoms with Gasteiger partial charge in [-0.05, 0) is 44.0 Å². The number of imidazole rings is 1. The van der Waals surface area contributed by atoms with Crippen LogP contribution in [-0.4, -0.2) is 25.6 Å². The largest absolute Gasteiger partial charge is 0.298 e. The molecular weight excluding hydrogens is 252 g/mol. The number of carbonyl (C=O) groups excluding carboxylic acids is 1. The van der Waals surface area contributed by atoms with Crippen molar-refractivity contribution in [3.8, 4) is 5.82 Å². The average Bonchev–Trinajstić information content (AvgIpc) is 2.90. The molecule has 20 heavy (non-hydrogen) atoms. The van der Waals surface area contributed by atoms with E-state index < -0.39 is 0 Å². The molecule has 0 amide bonds. The van der Waals surface area contributed by atoms with Crippen LogP contribution in [0.25, 0.3) is 16.9 Å². The number of aldehydes is 1. The molecule has 0 N–H and O–H groups in total. The highest BCUT2D eigenvalue weighted by Gasteiger charge is 2.16. The van der Waals surface area contributed by atoms with Gasteiger partial charge in [-0.2, -0.15) is 5.10 Å². The molecular formula is C15H16N4O. The lowest BCUT2D eigenvalue weighted by Crippen LogP contribution is -2.04. The van der Waals surface area contributed by atoms with E-state index in [1.165, 1.54) is 11.1 Å². The molecule has 0 saturated heterocycles. The first-order valence-electron chi connectivity index (χ1n) is 6.46. The van der Waals surface area contributed by atoms with Crippen LogP contribution in [0.2, 0.25) is 0 Å². The Morgan fingerprint density at radius 3 is 2.55 bits per heavy atom. The van der Waals surface area contributed by atoms with Crippen LogP contribution < -0.4 is 0 Å². The standard InChI is InChI=1S/C15H16N4O/c1-9-5-13-14(6-10(9)2)19(8-16-13)15-12(7-20)11(3)17-18(15)4/h5-8H,1-4H3. The quantitative estimate of drug-likeness (QED) is 0.671. The second-order valence-electron chi connectivity index (χ2n) is 5.10. The number of rotatable bonds is 2. The molecule has 0 saturated carbocycles. The lowest BCUT2D eigenvalue weighted by molar-refractivity contribution is 0.112. The van der Waals surface area contributed by atoms with Gasteiger partial charge in [-0.3, -0.25) is 14.0 Å². The van der Waals surface area contributed by atoms with Crippen LogP contribution in [0, 0.1) is 20.8 Å². The number of hydrogen-bond donors (Lipinski definition) is 0. The average molecular weight is 268 g/mol. The summed E-state index contributed by atoms with van der Waals surface area (Å²) in [6.07, 6.45) is 2.59. The van der Waals surface area contributed by atoms with Crippen LogP contribution in [-0.2, 0) is 7.05 Å². The molecule has 2 aromatic heterocycles. The van der Waals surface area contributed by atoms with Crippen molar-refractivity contribution >= 4 is 17.3 Å². The fraction of sp³-hybridized carbons (Fsp3) is 0.267.